The van der Waals surface area contributed by atoms with E-state index in [0.717, 1.165) is 51.9 Å². The molecule has 4 aromatic rings. The van der Waals surface area contributed by atoms with E-state index in [0.29, 0.717) is 11.6 Å². The fraction of sp³-hybridized carbons (Fsp3) is 0.333. The summed E-state index contributed by atoms with van der Waals surface area (Å²) in [5, 5.41) is 2.07. The molecule has 4 rings (SSSR count). The second-order valence-electron chi connectivity index (χ2n) is 8.83. The molecule has 0 bridgehead atoms. The molecule has 0 fully saturated rings. The number of ether oxygens (including phenoxy) is 2. The lowest BCUT2D eigenvalue weighted by Gasteiger charge is -2.14. The second-order valence-corrected chi connectivity index (χ2v) is 9.66. The van der Waals surface area contributed by atoms with Crippen molar-refractivity contribution in [2.24, 2.45) is 18.0 Å². The van der Waals surface area contributed by atoms with Crippen LogP contribution in [0.5, 0.6) is 11.5 Å². The average Bonchev–Trinajstić information content (AvgIpc) is 3.36. The molecule has 0 unspecified atom stereocenters. The summed E-state index contributed by atoms with van der Waals surface area (Å²) in [6.45, 7) is 7.11. The third-order valence-corrected chi connectivity index (χ3v) is 7.01. The summed E-state index contributed by atoms with van der Waals surface area (Å²) in [6, 6.07) is 15.4. The zero-order valence-corrected chi connectivity index (χ0v) is 21.9. The van der Waals surface area contributed by atoms with E-state index in [2.05, 4.69) is 23.8 Å². The molecule has 35 heavy (non-hydrogen) atoms. The van der Waals surface area contributed by atoms with Gasteiger partial charge in [0.15, 0.2) is 10.5 Å². The molecule has 7 nitrogen and oxygen atoms in total. The monoisotopic (exact) mass is 492 g/mol. The van der Waals surface area contributed by atoms with Gasteiger partial charge in [-0.05, 0) is 49.6 Å². The predicted octanol–water partition coefficient (Wildman–Crippen LogP) is 5.31. The van der Waals surface area contributed by atoms with Crippen LogP contribution >= 0.6 is 11.3 Å². The smallest absolute Gasteiger partial charge is 0.297 e. The maximum Gasteiger partial charge on any atom is 0.297 e. The van der Waals surface area contributed by atoms with Crippen molar-refractivity contribution in [2.75, 3.05) is 14.2 Å². The number of thiazole rings is 1. The van der Waals surface area contributed by atoms with Crippen LogP contribution < -0.4 is 19.8 Å². The Kier molecular flexibility index (Phi) is 7.31. The summed E-state index contributed by atoms with van der Waals surface area (Å²) in [6.07, 6.45) is 0.977. The van der Waals surface area contributed by atoms with Crippen LogP contribution in [0.1, 0.15) is 26.0 Å². The average molecular weight is 493 g/mol. The molecule has 8 heteroatoms. The van der Waals surface area contributed by atoms with Crippen molar-refractivity contribution in [2.45, 2.75) is 33.7 Å². The van der Waals surface area contributed by atoms with Crippen LogP contribution in [0.4, 0.5) is 5.69 Å². The third-order valence-electron chi connectivity index (χ3n) is 6.14. The zero-order valence-electron chi connectivity index (χ0n) is 21.1. The first-order valence-corrected chi connectivity index (χ1v) is 12.5. The van der Waals surface area contributed by atoms with Gasteiger partial charge in [-0.3, -0.25) is 9.48 Å². The van der Waals surface area contributed by atoms with Crippen LogP contribution in [0.2, 0.25) is 0 Å². The van der Waals surface area contributed by atoms with Gasteiger partial charge in [0.1, 0.15) is 11.5 Å². The molecule has 0 aliphatic heterocycles. The maximum atomic E-state index is 13.5. The molecule has 0 saturated heterocycles. The van der Waals surface area contributed by atoms with E-state index in [1.807, 2.05) is 67.2 Å². The molecular weight excluding hydrogens is 460 g/mol. The molecule has 0 amide bonds. The number of para-hydroxylation sites is 1. The summed E-state index contributed by atoms with van der Waals surface area (Å²) in [5.41, 5.74) is 3.84. The van der Waals surface area contributed by atoms with E-state index >= 15 is 0 Å². The molecule has 184 valence electrons. The summed E-state index contributed by atoms with van der Waals surface area (Å²) in [4.78, 5) is 19.2. The molecule has 2 heterocycles. The quantitative estimate of drug-likeness (QED) is 0.335. The van der Waals surface area contributed by atoms with Gasteiger partial charge in [0.2, 0.25) is 0 Å². The minimum Gasteiger partial charge on any atom is -0.497 e. The first-order chi connectivity index (χ1) is 16.8. The summed E-state index contributed by atoms with van der Waals surface area (Å²) in [7, 11) is 5.21. The van der Waals surface area contributed by atoms with Crippen LogP contribution in [-0.4, -0.2) is 28.2 Å². The topological polar surface area (TPSA) is 62.7 Å². The molecule has 0 radical (unpaired) electrons. The number of benzene rings is 2. The van der Waals surface area contributed by atoms with Gasteiger partial charge in [0.25, 0.3) is 5.56 Å². The van der Waals surface area contributed by atoms with Crippen LogP contribution in [0.15, 0.2) is 63.7 Å². The van der Waals surface area contributed by atoms with E-state index < -0.39 is 0 Å². The van der Waals surface area contributed by atoms with E-state index in [1.54, 1.807) is 18.9 Å². The molecule has 0 aliphatic rings. The van der Waals surface area contributed by atoms with Crippen LogP contribution in [-0.2, 0) is 13.6 Å². The van der Waals surface area contributed by atoms with Crippen molar-refractivity contribution in [3.8, 4) is 28.4 Å². The Morgan fingerprint density at radius 3 is 2.46 bits per heavy atom. The van der Waals surface area contributed by atoms with E-state index in [9.17, 15) is 4.79 Å². The Morgan fingerprint density at radius 2 is 1.80 bits per heavy atom. The highest BCUT2D eigenvalue weighted by Crippen LogP contribution is 2.34. The Balaban J connectivity index is 1.92. The fourth-order valence-electron chi connectivity index (χ4n) is 4.03. The number of aromatic nitrogens is 3. The third kappa shape index (κ3) is 4.84. The number of rotatable bonds is 8. The van der Waals surface area contributed by atoms with Crippen LogP contribution in [0.25, 0.3) is 16.9 Å². The van der Waals surface area contributed by atoms with Gasteiger partial charge in [0, 0.05) is 24.5 Å². The minimum absolute atomic E-state index is 0.138. The highest BCUT2D eigenvalue weighted by Gasteiger charge is 2.18. The first kappa shape index (κ1) is 24.6. The molecule has 0 N–H and O–H groups in total. The van der Waals surface area contributed by atoms with Gasteiger partial charge in [0.05, 0.1) is 31.3 Å². The highest BCUT2D eigenvalue weighted by atomic mass is 32.1. The van der Waals surface area contributed by atoms with E-state index in [4.69, 9.17) is 14.5 Å². The van der Waals surface area contributed by atoms with Gasteiger partial charge >= 0.3 is 0 Å². The number of hydrogen-bond acceptors (Lipinski definition) is 5. The van der Waals surface area contributed by atoms with Crippen LogP contribution in [0.3, 0.4) is 0 Å². The second kappa shape index (κ2) is 10.4. The number of methoxy groups -OCH3 is 2. The zero-order chi connectivity index (χ0) is 25.1. The normalized spacial score (nSPS) is 11.9. The SMILES string of the molecule is COc1ccc(OC)c(-c2csc(=Nc3c(C)n(C)n(-c4ccccc4)c3=O)n2CCC(C)C)c1. The van der Waals surface area contributed by atoms with Crippen LogP contribution in [0, 0.1) is 12.8 Å². The molecule has 0 atom stereocenters. The number of hydrogen-bond donors (Lipinski definition) is 0. The van der Waals surface area contributed by atoms with Crippen molar-refractivity contribution in [3.05, 3.63) is 74.8 Å². The molecule has 0 spiro atoms. The van der Waals surface area contributed by atoms with Gasteiger partial charge in [-0.25, -0.2) is 9.67 Å². The lowest BCUT2D eigenvalue weighted by molar-refractivity contribution is 0.404. The van der Waals surface area contributed by atoms with Gasteiger partial charge < -0.3 is 14.0 Å². The standard InChI is InChI=1S/C27H32N4O3S/c1-18(2)14-15-30-23(22-16-21(33-5)12-13-24(22)34-6)17-35-27(30)28-25-19(3)29(4)31(26(25)32)20-10-8-7-9-11-20/h7-13,16-18H,14-15H2,1-6H3. The molecule has 2 aromatic heterocycles. The first-order valence-electron chi connectivity index (χ1n) is 11.6. The fourth-order valence-corrected chi connectivity index (χ4v) is 4.96. The van der Waals surface area contributed by atoms with Gasteiger partial charge in [-0.2, -0.15) is 0 Å². The maximum absolute atomic E-state index is 13.5. The Hall–Kier alpha value is -3.52. The summed E-state index contributed by atoms with van der Waals surface area (Å²) >= 11 is 1.52. The Morgan fingerprint density at radius 1 is 1.06 bits per heavy atom. The van der Waals surface area contributed by atoms with Crippen molar-refractivity contribution in [1.82, 2.24) is 13.9 Å². The highest BCUT2D eigenvalue weighted by molar-refractivity contribution is 7.07. The molecule has 2 aromatic carbocycles. The van der Waals surface area contributed by atoms with Crippen molar-refractivity contribution < 1.29 is 9.47 Å². The largest absolute Gasteiger partial charge is 0.497 e. The van der Waals surface area contributed by atoms with E-state index in [1.165, 1.54) is 11.3 Å². The molecular formula is C27H32N4O3S. The number of nitrogens with zero attached hydrogens (tertiary/aromatic N) is 4. The molecule has 0 saturated carbocycles. The lowest BCUT2D eigenvalue weighted by Crippen LogP contribution is -2.20. The summed E-state index contributed by atoms with van der Waals surface area (Å²) < 4.78 is 16.8. The van der Waals surface area contributed by atoms with Crippen molar-refractivity contribution in [1.29, 1.82) is 0 Å². The lowest BCUT2D eigenvalue weighted by atomic mass is 10.1. The van der Waals surface area contributed by atoms with Crippen molar-refractivity contribution in [3.63, 3.8) is 0 Å². The van der Waals surface area contributed by atoms with Crippen molar-refractivity contribution >= 4 is 17.0 Å². The van der Waals surface area contributed by atoms with Gasteiger partial charge in [-0.1, -0.05) is 32.0 Å². The van der Waals surface area contributed by atoms with E-state index in [-0.39, 0.29) is 5.56 Å². The minimum atomic E-state index is -0.138. The Bertz CT molecular complexity index is 1440. The Labute approximate surface area is 209 Å². The predicted molar refractivity (Wildman–Crippen MR) is 141 cm³/mol. The molecule has 0 aliphatic carbocycles. The summed E-state index contributed by atoms with van der Waals surface area (Å²) in [5.74, 6) is 2.03. The van der Waals surface area contributed by atoms with Gasteiger partial charge in [-0.15, -0.1) is 11.3 Å².